The van der Waals surface area contributed by atoms with Crippen molar-refractivity contribution < 1.29 is 25.9 Å². The van der Waals surface area contributed by atoms with Crippen molar-refractivity contribution in [2.75, 3.05) is 0 Å². The highest BCUT2D eigenvalue weighted by molar-refractivity contribution is 5.98. The monoisotopic (exact) mass is 435 g/mol. The molecule has 0 saturated heterocycles. The summed E-state index contributed by atoms with van der Waals surface area (Å²) in [7, 11) is 0. The largest absolute Gasteiger partial charge is 0.416 e. The fraction of sp³-hybridized carbons (Fsp3) is 0.480. The molecule has 3 rings (SSSR count). The normalized spacial score (nSPS) is 17.3. The zero-order valence-electron chi connectivity index (χ0n) is 19.9. The molecule has 1 aliphatic carbocycles. The first-order chi connectivity index (χ1) is 15.5. The number of rotatable bonds is 7. The third-order valence-corrected chi connectivity index (χ3v) is 5.93. The van der Waals surface area contributed by atoms with E-state index in [1.165, 1.54) is 12.1 Å². The van der Waals surface area contributed by atoms with Gasteiger partial charge in [0, 0.05) is 0 Å². The van der Waals surface area contributed by atoms with E-state index >= 15 is 0 Å². The van der Waals surface area contributed by atoms with Crippen molar-refractivity contribution in [3.8, 4) is 0 Å². The van der Waals surface area contributed by atoms with Gasteiger partial charge in [-0.1, -0.05) is 55.6 Å². The number of oxime groups is 1. The summed E-state index contributed by atoms with van der Waals surface area (Å²) in [5, 5.41) is 13.7. The maximum absolute atomic E-state index is 13.7. The molecule has 31 heavy (non-hydrogen) atoms. The summed E-state index contributed by atoms with van der Waals surface area (Å²) < 4.78 is 56.2. The predicted molar refractivity (Wildman–Crippen MR) is 116 cm³/mol. The predicted octanol–water partition coefficient (Wildman–Crippen LogP) is 6.75. The van der Waals surface area contributed by atoms with Gasteiger partial charge in [-0.05, 0) is 72.1 Å². The maximum atomic E-state index is 13.7. The lowest BCUT2D eigenvalue weighted by molar-refractivity contribution is -0.138. The first-order valence-corrected chi connectivity index (χ1v) is 10.7. The number of aryl methyl sites for hydroxylation is 1. The molecule has 3 nitrogen and oxygen atoms in total. The fourth-order valence-corrected chi connectivity index (χ4v) is 4.18. The number of alkyl halides is 3. The third-order valence-electron chi connectivity index (χ3n) is 5.93. The maximum Gasteiger partial charge on any atom is 0.416 e. The highest BCUT2D eigenvalue weighted by atomic mass is 19.4. The van der Waals surface area contributed by atoms with Gasteiger partial charge in [0.05, 0.1) is 20.6 Å². The van der Waals surface area contributed by atoms with Crippen molar-refractivity contribution >= 4 is 5.71 Å². The van der Waals surface area contributed by atoms with Gasteiger partial charge in [0.15, 0.2) is 0 Å². The van der Waals surface area contributed by atoms with Crippen LogP contribution in [0.25, 0.3) is 0 Å². The molecule has 2 aromatic rings. The molecule has 0 heterocycles. The zero-order valence-corrected chi connectivity index (χ0v) is 17.9. The van der Waals surface area contributed by atoms with Gasteiger partial charge in [0.25, 0.3) is 0 Å². The molecule has 6 heteroatoms. The first-order valence-electron chi connectivity index (χ1n) is 11.7. The van der Waals surface area contributed by atoms with Crippen molar-refractivity contribution in [2.45, 2.75) is 77.6 Å². The van der Waals surface area contributed by atoms with Gasteiger partial charge in [0.2, 0.25) is 0 Å². The van der Waals surface area contributed by atoms with Crippen LogP contribution in [-0.4, -0.2) is 10.8 Å². The Morgan fingerprint density at radius 3 is 2.52 bits per heavy atom. The van der Waals surface area contributed by atoms with Crippen LogP contribution in [0.4, 0.5) is 13.2 Å². The lowest BCUT2D eigenvalue weighted by Crippen LogP contribution is -2.15. The van der Waals surface area contributed by atoms with Gasteiger partial charge in [0.1, 0.15) is 6.61 Å². The van der Waals surface area contributed by atoms with E-state index in [1.54, 1.807) is 31.2 Å². The van der Waals surface area contributed by atoms with E-state index in [0.29, 0.717) is 34.4 Å². The van der Waals surface area contributed by atoms with Crippen molar-refractivity contribution in [2.24, 2.45) is 5.16 Å². The van der Waals surface area contributed by atoms with Crippen LogP contribution in [0.2, 0.25) is 0 Å². The number of aliphatic hydroxyl groups is 1. The second-order valence-corrected chi connectivity index (χ2v) is 8.04. The summed E-state index contributed by atoms with van der Waals surface area (Å²) in [4.78, 5) is 5.36. The van der Waals surface area contributed by atoms with E-state index in [4.69, 9.17) is 7.58 Å². The Labute approximate surface area is 184 Å². The van der Waals surface area contributed by atoms with Gasteiger partial charge in [-0.25, -0.2) is 0 Å². The van der Waals surface area contributed by atoms with Crippen LogP contribution >= 0.6 is 0 Å². The number of hydrogen-bond donors (Lipinski definition) is 1. The van der Waals surface area contributed by atoms with Crippen LogP contribution in [0.15, 0.2) is 41.6 Å². The van der Waals surface area contributed by atoms with Crippen molar-refractivity contribution in [1.82, 2.24) is 0 Å². The lowest BCUT2D eigenvalue weighted by Gasteiger charge is -2.25. The fourth-order valence-electron chi connectivity index (χ4n) is 4.18. The Morgan fingerprint density at radius 2 is 1.87 bits per heavy atom. The topological polar surface area (TPSA) is 41.8 Å². The summed E-state index contributed by atoms with van der Waals surface area (Å²) >= 11 is 0. The molecule has 0 bridgehead atoms. The smallest absolute Gasteiger partial charge is 0.392 e. The molecule has 0 amide bonds. The summed E-state index contributed by atoms with van der Waals surface area (Å²) in [6.07, 6.45) is 0.686. The Hall–Kier alpha value is -2.34. The summed E-state index contributed by atoms with van der Waals surface area (Å²) in [5.41, 5.74) is 2.21. The van der Waals surface area contributed by atoms with Gasteiger partial charge in [-0.15, -0.1) is 0 Å². The molecule has 1 saturated carbocycles. The standard InChI is InChI=1S/C25H30F3NO2/c1-3-19-14-21(10-11-22(19)15-30)17(2)29-31-16-18-9-12-23(20-7-5-4-6-8-20)24(13-18)25(26,27)28/h9-14,20,30H,3-8,15-16H2,1-2H3/b29-17-/i15D2. The minimum Gasteiger partial charge on any atom is -0.392 e. The Bertz CT molecular complexity index is 994. The SMILES string of the molecule is [2H]C([2H])(O)c1ccc(/C(C)=N\OCc2ccc(C3CCCCC3)c(C(F)(F)F)c2)cc1CC. The zero-order chi connectivity index (χ0) is 24.2. The second kappa shape index (κ2) is 10.3. The molecule has 1 aliphatic rings. The molecule has 168 valence electrons. The highest BCUT2D eigenvalue weighted by Gasteiger charge is 2.35. The Balaban J connectivity index is 1.75. The third kappa shape index (κ3) is 5.88. The summed E-state index contributed by atoms with van der Waals surface area (Å²) in [6.45, 7) is 1.02. The van der Waals surface area contributed by atoms with E-state index in [2.05, 4.69) is 5.16 Å². The van der Waals surface area contributed by atoms with Gasteiger partial charge in [-0.2, -0.15) is 13.2 Å². The van der Waals surface area contributed by atoms with E-state index in [1.807, 2.05) is 6.92 Å². The first kappa shape index (κ1) is 20.6. The summed E-state index contributed by atoms with van der Waals surface area (Å²) in [5.74, 6) is -0.0496. The number of halogens is 3. The van der Waals surface area contributed by atoms with Crippen LogP contribution < -0.4 is 0 Å². The van der Waals surface area contributed by atoms with Crippen molar-refractivity contribution in [1.29, 1.82) is 0 Å². The van der Waals surface area contributed by atoms with Crippen molar-refractivity contribution in [3.05, 3.63) is 69.8 Å². The van der Waals surface area contributed by atoms with Crippen LogP contribution in [0.1, 0.15) is 88.0 Å². The molecule has 0 aromatic heterocycles. The molecule has 1 fully saturated rings. The van der Waals surface area contributed by atoms with Gasteiger partial charge >= 0.3 is 6.18 Å². The van der Waals surface area contributed by atoms with E-state index in [-0.39, 0.29) is 18.1 Å². The number of nitrogens with zero attached hydrogens (tertiary/aromatic N) is 1. The highest BCUT2D eigenvalue weighted by Crippen LogP contribution is 2.41. The molecule has 1 N–H and O–H groups in total. The van der Waals surface area contributed by atoms with E-state index in [9.17, 15) is 18.3 Å². The molecule has 2 aromatic carbocycles. The molecule has 0 radical (unpaired) electrons. The molecule has 0 aliphatic heterocycles. The van der Waals surface area contributed by atoms with Gasteiger partial charge in [-0.3, -0.25) is 0 Å². The van der Waals surface area contributed by atoms with Gasteiger partial charge < -0.3 is 9.94 Å². The molecule has 0 atom stereocenters. The van der Waals surface area contributed by atoms with E-state index < -0.39 is 18.3 Å². The van der Waals surface area contributed by atoms with E-state index in [0.717, 1.165) is 32.1 Å². The number of benzene rings is 2. The van der Waals surface area contributed by atoms with Crippen LogP contribution in [0.3, 0.4) is 0 Å². The van der Waals surface area contributed by atoms with Crippen LogP contribution in [0.5, 0.6) is 0 Å². The minimum absolute atomic E-state index is 0.0496. The van der Waals surface area contributed by atoms with Crippen LogP contribution in [-0.2, 0) is 30.6 Å². The lowest BCUT2D eigenvalue weighted by atomic mass is 9.81. The molecular formula is C25H30F3NO2. The molecule has 0 unspecified atom stereocenters. The average Bonchev–Trinajstić information content (AvgIpc) is 2.78. The van der Waals surface area contributed by atoms with Crippen LogP contribution in [0, 0.1) is 0 Å². The average molecular weight is 436 g/mol. The Morgan fingerprint density at radius 1 is 1.13 bits per heavy atom. The second-order valence-electron chi connectivity index (χ2n) is 8.04. The molecule has 0 spiro atoms. The Kier molecular flexibility index (Phi) is 6.84. The minimum atomic E-state index is -4.42. The summed E-state index contributed by atoms with van der Waals surface area (Å²) in [6, 6.07) is 9.30. The quantitative estimate of drug-likeness (QED) is 0.386. The number of hydrogen-bond acceptors (Lipinski definition) is 3. The molecular weight excluding hydrogens is 403 g/mol. The van der Waals surface area contributed by atoms with Crippen molar-refractivity contribution in [3.63, 3.8) is 0 Å².